The van der Waals surface area contributed by atoms with Gasteiger partial charge in [-0.05, 0) is 17.7 Å². The second kappa shape index (κ2) is 8.04. The van der Waals surface area contributed by atoms with E-state index in [4.69, 9.17) is 14.6 Å². The first-order valence-corrected chi connectivity index (χ1v) is 5.95. The van der Waals surface area contributed by atoms with Crippen LogP contribution in [0, 0.1) is 11.6 Å². The lowest BCUT2D eigenvalue weighted by molar-refractivity contribution is 0.189. The zero-order valence-electron chi connectivity index (χ0n) is 11.2. The number of nitrogens with zero attached hydrogens (tertiary/aromatic N) is 1. The summed E-state index contributed by atoms with van der Waals surface area (Å²) < 4.78 is 37.7. The Morgan fingerprint density at radius 2 is 1.53 bits per heavy atom. The Kier molecular flexibility index (Phi) is 6.69. The minimum absolute atomic E-state index is 0.119. The Labute approximate surface area is 111 Å². The summed E-state index contributed by atoms with van der Waals surface area (Å²) >= 11 is 0. The Morgan fingerprint density at radius 3 is 1.89 bits per heavy atom. The Balaban J connectivity index is 2.99. The molecule has 1 rings (SSSR count). The molecule has 6 heteroatoms. The molecular formula is C13H19F2NO3. The van der Waals surface area contributed by atoms with Crippen LogP contribution in [0.2, 0.25) is 0 Å². The average Bonchev–Trinajstić information content (AvgIpc) is 2.40. The van der Waals surface area contributed by atoms with E-state index in [9.17, 15) is 8.78 Å². The lowest BCUT2D eigenvalue weighted by atomic mass is 10.1. The van der Waals surface area contributed by atoms with Crippen molar-refractivity contribution >= 4 is 5.69 Å². The van der Waals surface area contributed by atoms with Gasteiger partial charge in [0.2, 0.25) is 0 Å². The van der Waals surface area contributed by atoms with Crippen LogP contribution in [0.25, 0.3) is 0 Å². The van der Waals surface area contributed by atoms with Gasteiger partial charge in [0.25, 0.3) is 0 Å². The third-order valence-electron chi connectivity index (χ3n) is 2.71. The number of anilines is 1. The van der Waals surface area contributed by atoms with Crippen molar-refractivity contribution in [3.63, 3.8) is 0 Å². The highest BCUT2D eigenvalue weighted by Crippen LogP contribution is 2.25. The maximum Gasteiger partial charge on any atom is 0.149 e. The van der Waals surface area contributed by atoms with E-state index >= 15 is 0 Å². The number of hydrogen-bond donors (Lipinski definition) is 1. The zero-order chi connectivity index (χ0) is 14.3. The normalized spacial score (nSPS) is 10.8. The molecule has 0 saturated heterocycles. The average molecular weight is 275 g/mol. The van der Waals surface area contributed by atoms with Gasteiger partial charge in [-0.2, -0.15) is 0 Å². The molecular weight excluding hydrogens is 256 g/mol. The summed E-state index contributed by atoms with van der Waals surface area (Å²) in [5.41, 5.74) is 0.0866. The van der Waals surface area contributed by atoms with Gasteiger partial charge in [-0.25, -0.2) is 8.78 Å². The summed E-state index contributed by atoms with van der Waals surface area (Å²) in [6, 6.07) is 2.26. The summed E-state index contributed by atoms with van der Waals surface area (Å²) in [5, 5.41) is 8.91. The van der Waals surface area contributed by atoms with Crippen molar-refractivity contribution in [2.75, 3.05) is 45.4 Å². The van der Waals surface area contributed by atoms with Gasteiger partial charge in [0.05, 0.1) is 19.8 Å². The van der Waals surface area contributed by atoms with Crippen molar-refractivity contribution in [2.45, 2.75) is 6.61 Å². The monoisotopic (exact) mass is 275 g/mol. The number of aliphatic hydroxyl groups is 1. The smallest absolute Gasteiger partial charge is 0.149 e. The number of hydrogen-bond acceptors (Lipinski definition) is 4. The van der Waals surface area contributed by atoms with Gasteiger partial charge in [-0.3, -0.25) is 0 Å². The molecule has 0 fully saturated rings. The molecule has 1 aromatic carbocycles. The quantitative estimate of drug-likeness (QED) is 0.781. The van der Waals surface area contributed by atoms with Crippen molar-refractivity contribution in [1.29, 1.82) is 0 Å². The first-order chi connectivity index (χ1) is 9.13. The summed E-state index contributed by atoms with van der Waals surface area (Å²) in [4.78, 5) is 1.53. The molecule has 0 saturated carbocycles. The van der Waals surface area contributed by atoms with E-state index < -0.39 is 18.2 Å². The first kappa shape index (κ1) is 15.8. The maximum atomic E-state index is 13.9. The number of aliphatic hydroxyl groups excluding tert-OH is 1. The molecule has 1 aromatic rings. The second-order valence-electron chi connectivity index (χ2n) is 4.04. The van der Waals surface area contributed by atoms with Gasteiger partial charge >= 0.3 is 0 Å². The Morgan fingerprint density at radius 1 is 1.05 bits per heavy atom. The fraction of sp³-hybridized carbons (Fsp3) is 0.538. The fourth-order valence-corrected chi connectivity index (χ4v) is 1.75. The molecule has 0 heterocycles. The van der Waals surface area contributed by atoms with Crippen LogP contribution in [0.15, 0.2) is 12.1 Å². The molecule has 0 spiro atoms. The highest BCUT2D eigenvalue weighted by Gasteiger charge is 2.17. The standard InChI is InChI=1S/C13H19F2NO3/c1-18-5-3-16(4-6-19-2)13-11(14)7-10(9-17)8-12(13)15/h7-8,17H,3-6,9H2,1-2H3. The molecule has 0 unspecified atom stereocenters. The van der Waals surface area contributed by atoms with Crippen LogP contribution >= 0.6 is 0 Å². The summed E-state index contributed by atoms with van der Waals surface area (Å²) in [6.07, 6.45) is 0. The zero-order valence-corrected chi connectivity index (χ0v) is 11.2. The molecule has 19 heavy (non-hydrogen) atoms. The molecule has 108 valence electrons. The molecule has 0 amide bonds. The molecule has 0 bridgehead atoms. The van der Waals surface area contributed by atoms with E-state index in [0.717, 1.165) is 12.1 Å². The lowest BCUT2D eigenvalue weighted by Crippen LogP contribution is -2.32. The summed E-state index contributed by atoms with van der Waals surface area (Å²) in [6.45, 7) is 1.01. The van der Waals surface area contributed by atoms with Crippen molar-refractivity contribution in [1.82, 2.24) is 0 Å². The van der Waals surface area contributed by atoms with E-state index in [1.54, 1.807) is 0 Å². The van der Waals surface area contributed by atoms with Crippen molar-refractivity contribution < 1.29 is 23.4 Å². The first-order valence-electron chi connectivity index (χ1n) is 5.95. The predicted molar refractivity (Wildman–Crippen MR) is 68.2 cm³/mol. The molecule has 1 N–H and O–H groups in total. The van der Waals surface area contributed by atoms with E-state index in [1.807, 2.05) is 0 Å². The molecule has 4 nitrogen and oxygen atoms in total. The van der Waals surface area contributed by atoms with Crippen LogP contribution in [-0.2, 0) is 16.1 Å². The van der Waals surface area contributed by atoms with Gasteiger partial charge in [0, 0.05) is 27.3 Å². The topological polar surface area (TPSA) is 41.9 Å². The van der Waals surface area contributed by atoms with Gasteiger partial charge < -0.3 is 19.5 Å². The van der Waals surface area contributed by atoms with E-state index in [0.29, 0.717) is 26.3 Å². The van der Waals surface area contributed by atoms with Gasteiger partial charge in [0.1, 0.15) is 17.3 Å². The molecule has 0 aliphatic heterocycles. The van der Waals surface area contributed by atoms with Crippen molar-refractivity contribution in [3.05, 3.63) is 29.3 Å². The Bertz CT molecular complexity index is 370. The number of methoxy groups -OCH3 is 2. The minimum Gasteiger partial charge on any atom is -0.392 e. The Hall–Kier alpha value is -1.24. The number of ether oxygens (including phenoxy) is 2. The van der Waals surface area contributed by atoms with Crippen LogP contribution in [0.3, 0.4) is 0 Å². The number of halogens is 2. The predicted octanol–water partition coefficient (Wildman–Crippen LogP) is 1.56. The SMILES string of the molecule is COCCN(CCOC)c1c(F)cc(CO)cc1F. The minimum atomic E-state index is -0.698. The number of rotatable bonds is 8. The van der Waals surface area contributed by atoms with Crippen LogP contribution in [0.4, 0.5) is 14.5 Å². The molecule has 0 aliphatic rings. The van der Waals surface area contributed by atoms with Crippen LogP contribution in [-0.4, -0.2) is 45.6 Å². The summed E-state index contributed by atoms with van der Waals surface area (Å²) in [7, 11) is 3.05. The molecule has 0 atom stereocenters. The second-order valence-corrected chi connectivity index (χ2v) is 4.04. The van der Waals surface area contributed by atoms with E-state index in [-0.39, 0.29) is 11.3 Å². The summed E-state index contributed by atoms with van der Waals surface area (Å²) in [5.74, 6) is -1.40. The highest BCUT2D eigenvalue weighted by atomic mass is 19.1. The number of benzene rings is 1. The van der Waals surface area contributed by atoms with Gasteiger partial charge in [0.15, 0.2) is 0 Å². The molecule has 0 radical (unpaired) electrons. The van der Waals surface area contributed by atoms with E-state index in [1.165, 1.54) is 19.1 Å². The van der Waals surface area contributed by atoms with Crippen LogP contribution in [0.1, 0.15) is 5.56 Å². The molecule has 0 aliphatic carbocycles. The van der Waals surface area contributed by atoms with Crippen molar-refractivity contribution in [2.24, 2.45) is 0 Å². The largest absolute Gasteiger partial charge is 0.392 e. The van der Waals surface area contributed by atoms with Crippen molar-refractivity contribution in [3.8, 4) is 0 Å². The van der Waals surface area contributed by atoms with Crippen LogP contribution in [0.5, 0.6) is 0 Å². The van der Waals surface area contributed by atoms with Gasteiger partial charge in [-0.1, -0.05) is 0 Å². The maximum absolute atomic E-state index is 13.9. The lowest BCUT2D eigenvalue weighted by Gasteiger charge is -2.25. The van der Waals surface area contributed by atoms with E-state index in [2.05, 4.69) is 0 Å². The third kappa shape index (κ3) is 4.41. The van der Waals surface area contributed by atoms with Gasteiger partial charge in [-0.15, -0.1) is 0 Å². The van der Waals surface area contributed by atoms with Crippen LogP contribution < -0.4 is 4.90 Å². The fourth-order valence-electron chi connectivity index (χ4n) is 1.75. The third-order valence-corrected chi connectivity index (χ3v) is 2.71. The molecule has 0 aromatic heterocycles. The highest BCUT2D eigenvalue weighted by molar-refractivity contribution is 5.50.